The lowest BCUT2D eigenvalue weighted by molar-refractivity contribution is 0.341. The van der Waals surface area contributed by atoms with Crippen molar-refractivity contribution >= 4 is 5.69 Å². The van der Waals surface area contributed by atoms with Crippen LogP contribution in [0.5, 0.6) is 0 Å². The molecule has 0 aliphatic heterocycles. The van der Waals surface area contributed by atoms with Gasteiger partial charge in [0.2, 0.25) is 0 Å². The maximum atomic E-state index is 5.88. The number of rotatable bonds is 3. The number of benzene rings is 1. The summed E-state index contributed by atoms with van der Waals surface area (Å²) in [5, 5.41) is 0. The minimum Gasteiger partial charge on any atom is -0.372 e. The van der Waals surface area contributed by atoms with Crippen LogP contribution in [0.3, 0.4) is 0 Å². The minimum atomic E-state index is 0.125. The van der Waals surface area contributed by atoms with Crippen LogP contribution in [0.4, 0.5) is 5.69 Å². The van der Waals surface area contributed by atoms with Crippen LogP contribution in [0.15, 0.2) is 24.3 Å². The Labute approximate surface area is 111 Å². The van der Waals surface area contributed by atoms with Gasteiger partial charge in [-0.3, -0.25) is 0 Å². The van der Waals surface area contributed by atoms with Gasteiger partial charge in [0.05, 0.1) is 0 Å². The first kappa shape index (κ1) is 13.4. The average Bonchev–Trinajstić information content (AvgIpc) is 2.39. The van der Waals surface area contributed by atoms with Crippen molar-refractivity contribution in [1.82, 2.24) is 0 Å². The van der Waals surface area contributed by atoms with Gasteiger partial charge in [0, 0.05) is 24.8 Å². The summed E-state index contributed by atoms with van der Waals surface area (Å²) < 4.78 is 0. The van der Waals surface area contributed by atoms with E-state index in [2.05, 4.69) is 43.1 Å². The molecule has 0 aromatic heterocycles. The molecule has 1 saturated carbocycles. The first-order chi connectivity index (χ1) is 8.58. The van der Waals surface area contributed by atoms with Crippen LogP contribution in [0.2, 0.25) is 0 Å². The van der Waals surface area contributed by atoms with Gasteiger partial charge >= 0.3 is 0 Å². The second kappa shape index (κ2) is 5.75. The van der Waals surface area contributed by atoms with Gasteiger partial charge < -0.3 is 10.6 Å². The SMILES string of the molecule is CC1CCC(N(C)c2ccc([C@@H](C)N)cc2)CC1. The zero-order chi connectivity index (χ0) is 13.1. The highest BCUT2D eigenvalue weighted by atomic mass is 15.1. The molecule has 1 aliphatic rings. The molecule has 2 rings (SSSR count). The Morgan fingerprint density at radius 3 is 2.17 bits per heavy atom. The fourth-order valence-corrected chi connectivity index (χ4v) is 2.85. The lowest BCUT2D eigenvalue weighted by atomic mass is 9.86. The van der Waals surface area contributed by atoms with Gasteiger partial charge in [-0.05, 0) is 56.2 Å². The van der Waals surface area contributed by atoms with Gasteiger partial charge in [-0.25, -0.2) is 0 Å². The van der Waals surface area contributed by atoms with Gasteiger partial charge in [-0.2, -0.15) is 0 Å². The van der Waals surface area contributed by atoms with Crippen molar-refractivity contribution in [1.29, 1.82) is 0 Å². The molecular formula is C16H26N2. The van der Waals surface area contributed by atoms with Gasteiger partial charge in [0.25, 0.3) is 0 Å². The van der Waals surface area contributed by atoms with Gasteiger partial charge in [0.15, 0.2) is 0 Å². The minimum absolute atomic E-state index is 0.125. The predicted molar refractivity (Wildman–Crippen MR) is 78.9 cm³/mol. The second-order valence-corrected chi connectivity index (χ2v) is 5.90. The molecule has 0 saturated heterocycles. The first-order valence-electron chi connectivity index (χ1n) is 7.16. The van der Waals surface area contributed by atoms with E-state index in [0.29, 0.717) is 6.04 Å². The topological polar surface area (TPSA) is 29.3 Å². The van der Waals surface area contributed by atoms with E-state index in [0.717, 1.165) is 5.92 Å². The van der Waals surface area contributed by atoms with Crippen molar-refractivity contribution in [3.8, 4) is 0 Å². The van der Waals surface area contributed by atoms with Crippen LogP contribution >= 0.6 is 0 Å². The molecule has 0 unspecified atom stereocenters. The fraction of sp³-hybridized carbons (Fsp3) is 0.625. The molecule has 1 aromatic rings. The maximum absolute atomic E-state index is 5.88. The van der Waals surface area contributed by atoms with Gasteiger partial charge in [-0.15, -0.1) is 0 Å². The van der Waals surface area contributed by atoms with E-state index in [4.69, 9.17) is 5.73 Å². The van der Waals surface area contributed by atoms with Crippen LogP contribution < -0.4 is 10.6 Å². The molecule has 2 heteroatoms. The summed E-state index contributed by atoms with van der Waals surface area (Å²) in [6, 6.07) is 9.56. The Balaban J connectivity index is 2.02. The van der Waals surface area contributed by atoms with Crippen LogP contribution in [-0.2, 0) is 0 Å². The van der Waals surface area contributed by atoms with Crippen LogP contribution in [-0.4, -0.2) is 13.1 Å². The van der Waals surface area contributed by atoms with E-state index < -0.39 is 0 Å². The van der Waals surface area contributed by atoms with E-state index >= 15 is 0 Å². The smallest absolute Gasteiger partial charge is 0.0366 e. The Bertz CT molecular complexity index is 361. The quantitative estimate of drug-likeness (QED) is 0.880. The molecule has 0 bridgehead atoms. The molecule has 100 valence electrons. The zero-order valence-corrected chi connectivity index (χ0v) is 11.9. The maximum Gasteiger partial charge on any atom is 0.0366 e. The van der Waals surface area contributed by atoms with E-state index in [1.807, 2.05) is 6.92 Å². The Kier molecular flexibility index (Phi) is 4.28. The summed E-state index contributed by atoms with van der Waals surface area (Å²) in [6.07, 6.45) is 5.39. The Morgan fingerprint density at radius 1 is 1.11 bits per heavy atom. The molecule has 1 aromatic carbocycles. The monoisotopic (exact) mass is 246 g/mol. The van der Waals surface area contributed by atoms with Crippen molar-refractivity contribution in [3.05, 3.63) is 29.8 Å². The zero-order valence-electron chi connectivity index (χ0n) is 11.9. The number of nitrogens with two attached hydrogens (primary N) is 1. The van der Waals surface area contributed by atoms with Crippen molar-refractivity contribution in [2.24, 2.45) is 11.7 Å². The van der Waals surface area contributed by atoms with Crippen LogP contribution in [0, 0.1) is 5.92 Å². The van der Waals surface area contributed by atoms with Crippen molar-refractivity contribution in [2.75, 3.05) is 11.9 Å². The molecular weight excluding hydrogens is 220 g/mol. The first-order valence-corrected chi connectivity index (χ1v) is 7.16. The molecule has 18 heavy (non-hydrogen) atoms. The summed E-state index contributed by atoms with van der Waals surface area (Å²) in [5.41, 5.74) is 8.42. The third kappa shape index (κ3) is 3.05. The normalized spacial score (nSPS) is 25.8. The Morgan fingerprint density at radius 2 is 1.67 bits per heavy atom. The predicted octanol–water partition coefficient (Wildman–Crippen LogP) is 3.72. The number of nitrogens with zero attached hydrogens (tertiary/aromatic N) is 1. The fourth-order valence-electron chi connectivity index (χ4n) is 2.85. The van der Waals surface area contributed by atoms with Crippen molar-refractivity contribution < 1.29 is 0 Å². The second-order valence-electron chi connectivity index (χ2n) is 5.90. The lowest BCUT2D eigenvalue weighted by Gasteiger charge is -2.35. The molecule has 1 fully saturated rings. The van der Waals surface area contributed by atoms with Crippen molar-refractivity contribution in [2.45, 2.75) is 51.6 Å². The van der Waals surface area contributed by atoms with Crippen LogP contribution in [0.25, 0.3) is 0 Å². The molecule has 2 nitrogen and oxygen atoms in total. The lowest BCUT2D eigenvalue weighted by Crippen LogP contribution is -2.34. The molecule has 0 radical (unpaired) electrons. The largest absolute Gasteiger partial charge is 0.372 e. The third-order valence-electron chi connectivity index (χ3n) is 4.36. The molecule has 2 N–H and O–H groups in total. The van der Waals surface area contributed by atoms with E-state index in [9.17, 15) is 0 Å². The summed E-state index contributed by atoms with van der Waals surface area (Å²) in [7, 11) is 2.22. The third-order valence-corrected chi connectivity index (χ3v) is 4.36. The summed E-state index contributed by atoms with van der Waals surface area (Å²) >= 11 is 0. The number of anilines is 1. The summed E-state index contributed by atoms with van der Waals surface area (Å²) in [4.78, 5) is 2.44. The highest BCUT2D eigenvalue weighted by Gasteiger charge is 2.21. The number of hydrogen-bond donors (Lipinski definition) is 1. The highest BCUT2D eigenvalue weighted by molar-refractivity contribution is 5.48. The van der Waals surface area contributed by atoms with E-state index in [1.165, 1.54) is 36.9 Å². The molecule has 1 aliphatic carbocycles. The average molecular weight is 246 g/mol. The number of hydrogen-bond acceptors (Lipinski definition) is 2. The highest BCUT2D eigenvalue weighted by Crippen LogP contribution is 2.29. The van der Waals surface area contributed by atoms with E-state index in [-0.39, 0.29) is 6.04 Å². The molecule has 1 atom stereocenters. The molecule has 0 spiro atoms. The Hall–Kier alpha value is -1.02. The van der Waals surface area contributed by atoms with Crippen LogP contribution in [0.1, 0.15) is 51.1 Å². The molecule has 0 heterocycles. The van der Waals surface area contributed by atoms with Gasteiger partial charge in [0.1, 0.15) is 0 Å². The standard InChI is InChI=1S/C16H26N2/c1-12-4-8-15(9-5-12)18(3)16-10-6-14(7-11-16)13(2)17/h6-7,10-13,15H,4-5,8-9,17H2,1-3H3/t12?,13-,15?/m1/s1. The van der Waals surface area contributed by atoms with E-state index in [1.54, 1.807) is 0 Å². The summed E-state index contributed by atoms with van der Waals surface area (Å²) in [5.74, 6) is 0.912. The summed E-state index contributed by atoms with van der Waals surface area (Å²) in [6.45, 7) is 4.40. The van der Waals surface area contributed by atoms with Crippen molar-refractivity contribution in [3.63, 3.8) is 0 Å². The van der Waals surface area contributed by atoms with Gasteiger partial charge in [-0.1, -0.05) is 19.1 Å². The molecule has 0 amide bonds.